The summed E-state index contributed by atoms with van der Waals surface area (Å²) in [5.74, 6) is 1.00. The first-order valence-electron chi connectivity index (χ1n) is 8.33. The van der Waals surface area contributed by atoms with Crippen LogP contribution in [0.5, 0.6) is 0 Å². The van der Waals surface area contributed by atoms with E-state index < -0.39 is 0 Å². The number of benzene rings is 1. The highest BCUT2D eigenvalue weighted by Gasteiger charge is 2.52. The number of carbonyl (C=O) groups is 2. The maximum atomic E-state index is 12.5. The molecule has 1 N–H and O–H groups in total. The molecular formula is C18H22N2O2. The van der Waals surface area contributed by atoms with Gasteiger partial charge in [0.15, 0.2) is 0 Å². The predicted octanol–water partition coefficient (Wildman–Crippen LogP) is 1.92. The van der Waals surface area contributed by atoms with Crippen LogP contribution in [0.3, 0.4) is 0 Å². The molecule has 1 spiro atoms. The number of carbonyl (C=O) groups excluding carboxylic acids is 2. The summed E-state index contributed by atoms with van der Waals surface area (Å²) in [6.45, 7) is 2.18. The van der Waals surface area contributed by atoms with Gasteiger partial charge < -0.3 is 10.2 Å². The van der Waals surface area contributed by atoms with E-state index in [1.54, 1.807) is 0 Å². The van der Waals surface area contributed by atoms with Crippen molar-refractivity contribution in [1.29, 1.82) is 0 Å². The van der Waals surface area contributed by atoms with Gasteiger partial charge in [-0.3, -0.25) is 9.59 Å². The lowest BCUT2D eigenvalue weighted by atomic mass is 9.68. The largest absolute Gasteiger partial charge is 0.355 e. The summed E-state index contributed by atoms with van der Waals surface area (Å²) in [5.41, 5.74) is 0.921. The fraction of sp³-hybridized carbons (Fsp3) is 0.556. The van der Waals surface area contributed by atoms with E-state index in [0.29, 0.717) is 5.91 Å². The van der Waals surface area contributed by atoms with Gasteiger partial charge in [-0.25, -0.2) is 0 Å². The van der Waals surface area contributed by atoms with E-state index in [4.69, 9.17) is 0 Å². The van der Waals surface area contributed by atoms with Crippen molar-refractivity contribution in [3.63, 3.8) is 0 Å². The smallest absolute Gasteiger partial charge is 0.227 e. The number of likely N-dealkylation sites (tertiary alicyclic amines) is 1. The number of hydrogen-bond acceptors (Lipinski definition) is 2. The lowest BCUT2D eigenvalue weighted by Crippen LogP contribution is -2.48. The van der Waals surface area contributed by atoms with E-state index in [0.717, 1.165) is 45.3 Å². The first-order valence-corrected chi connectivity index (χ1v) is 8.33. The highest BCUT2D eigenvalue weighted by Crippen LogP contribution is 2.48. The van der Waals surface area contributed by atoms with Crippen molar-refractivity contribution in [3.05, 3.63) is 35.9 Å². The van der Waals surface area contributed by atoms with Crippen LogP contribution < -0.4 is 5.32 Å². The standard InChI is InChI=1S/C18H22N2O2/c21-16(14-6-7-14)20-10-8-18(9-11-20)15(12-19-17(18)22)13-4-2-1-3-5-13/h1-5,14-15H,6-12H2,(H,19,22). The number of nitrogens with one attached hydrogen (secondary N) is 1. The monoisotopic (exact) mass is 298 g/mol. The Hall–Kier alpha value is -1.84. The summed E-state index contributed by atoms with van der Waals surface area (Å²) in [4.78, 5) is 26.7. The van der Waals surface area contributed by atoms with Crippen LogP contribution in [0, 0.1) is 11.3 Å². The Morgan fingerprint density at radius 3 is 2.45 bits per heavy atom. The van der Waals surface area contributed by atoms with Crippen molar-refractivity contribution >= 4 is 11.8 Å². The van der Waals surface area contributed by atoms with Gasteiger partial charge in [-0.2, -0.15) is 0 Å². The SMILES string of the molecule is O=C(C1CC1)N1CCC2(CC1)C(=O)NCC2c1ccccc1. The summed E-state index contributed by atoms with van der Waals surface area (Å²) in [6.07, 6.45) is 3.68. The van der Waals surface area contributed by atoms with Gasteiger partial charge in [-0.1, -0.05) is 30.3 Å². The van der Waals surface area contributed by atoms with Gasteiger partial charge in [0.2, 0.25) is 11.8 Å². The van der Waals surface area contributed by atoms with E-state index in [2.05, 4.69) is 17.4 Å². The molecule has 2 amide bonds. The Labute approximate surface area is 130 Å². The van der Waals surface area contributed by atoms with Gasteiger partial charge in [-0.15, -0.1) is 0 Å². The Kier molecular flexibility index (Phi) is 3.21. The fourth-order valence-corrected chi connectivity index (χ4v) is 4.14. The number of hydrogen-bond donors (Lipinski definition) is 1. The first kappa shape index (κ1) is 13.8. The van der Waals surface area contributed by atoms with Crippen LogP contribution in [-0.4, -0.2) is 36.3 Å². The second-order valence-corrected chi connectivity index (χ2v) is 6.93. The van der Waals surface area contributed by atoms with Gasteiger partial charge in [0.1, 0.15) is 0 Å². The van der Waals surface area contributed by atoms with Gasteiger partial charge in [-0.05, 0) is 31.2 Å². The van der Waals surface area contributed by atoms with Crippen molar-refractivity contribution in [1.82, 2.24) is 10.2 Å². The van der Waals surface area contributed by atoms with E-state index in [9.17, 15) is 9.59 Å². The Balaban J connectivity index is 1.54. The quantitative estimate of drug-likeness (QED) is 0.907. The zero-order valence-corrected chi connectivity index (χ0v) is 12.8. The van der Waals surface area contributed by atoms with Crippen LogP contribution in [0.4, 0.5) is 0 Å². The molecule has 2 saturated heterocycles. The minimum Gasteiger partial charge on any atom is -0.355 e. The molecule has 2 aliphatic heterocycles. The summed E-state index contributed by atoms with van der Waals surface area (Å²) in [6, 6.07) is 10.3. The molecule has 1 atom stereocenters. The van der Waals surface area contributed by atoms with Crippen LogP contribution in [-0.2, 0) is 9.59 Å². The third kappa shape index (κ3) is 2.13. The molecule has 22 heavy (non-hydrogen) atoms. The van der Waals surface area contributed by atoms with Crippen molar-refractivity contribution in [2.45, 2.75) is 31.6 Å². The third-order valence-corrected chi connectivity index (χ3v) is 5.68. The average Bonchev–Trinajstić information content (AvgIpc) is 3.36. The molecule has 1 saturated carbocycles. The van der Waals surface area contributed by atoms with Crippen molar-refractivity contribution in [2.75, 3.05) is 19.6 Å². The second-order valence-electron chi connectivity index (χ2n) is 6.93. The number of amides is 2. The summed E-state index contributed by atoms with van der Waals surface area (Å²) in [7, 11) is 0. The highest BCUT2D eigenvalue weighted by molar-refractivity contribution is 5.87. The number of nitrogens with zero attached hydrogens (tertiary/aromatic N) is 1. The van der Waals surface area contributed by atoms with E-state index >= 15 is 0 Å². The summed E-state index contributed by atoms with van der Waals surface area (Å²) < 4.78 is 0. The molecule has 1 aliphatic carbocycles. The van der Waals surface area contributed by atoms with E-state index in [-0.39, 0.29) is 23.2 Å². The van der Waals surface area contributed by atoms with Crippen molar-refractivity contribution < 1.29 is 9.59 Å². The topological polar surface area (TPSA) is 49.4 Å². The van der Waals surface area contributed by atoms with Gasteiger partial charge in [0, 0.05) is 31.5 Å². The second kappa shape index (κ2) is 5.11. The van der Waals surface area contributed by atoms with Crippen LogP contribution in [0.15, 0.2) is 30.3 Å². The minimum atomic E-state index is -0.318. The summed E-state index contributed by atoms with van der Waals surface area (Å²) >= 11 is 0. The highest BCUT2D eigenvalue weighted by atomic mass is 16.2. The van der Waals surface area contributed by atoms with Gasteiger partial charge in [0.05, 0.1) is 5.41 Å². The molecule has 3 fully saturated rings. The van der Waals surface area contributed by atoms with Crippen LogP contribution in [0.1, 0.15) is 37.2 Å². The zero-order valence-electron chi connectivity index (χ0n) is 12.8. The molecule has 1 aromatic rings. The molecule has 116 valence electrons. The van der Waals surface area contributed by atoms with Crippen LogP contribution in [0.2, 0.25) is 0 Å². The number of piperidine rings is 1. The first-order chi connectivity index (χ1) is 10.7. The molecule has 4 rings (SSSR count). The molecular weight excluding hydrogens is 276 g/mol. The van der Waals surface area contributed by atoms with Crippen molar-refractivity contribution in [2.24, 2.45) is 11.3 Å². The summed E-state index contributed by atoms with van der Waals surface area (Å²) in [5, 5.41) is 3.07. The molecule has 0 bridgehead atoms. The maximum absolute atomic E-state index is 12.5. The molecule has 3 aliphatic rings. The van der Waals surface area contributed by atoms with Crippen LogP contribution in [0.25, 0.3) is 0 Å². The van der Waals surface area contributed by atoms with E-state index in [1.165, 1.54) is 5.56 Å². The Morgan fingerprint density at radius 1 is 1.14 bits per heavy atom. The lowest BCUT2D eigenvalue weighted by Gasteiger charge is -2.41. The zero-order chi connectivity index (χ0) is 15.2. The number of rotatable bonds is 2. The maximum Gasteiger partial charge on any atom is 0.227 e. The molecule has 4 heteroatoms. The molecule has 0 aromatic heterocycles. The van der Waals surface area contributed by atoms with Gasteiger partial charge in [0.25, 0.3) is 0 Å². The lowest BCUT2D eigenvalue weighted by molar-refractivity contribution is -0.139. The normalized spacial score (nSPS) is 27.0. The molecule has 1 aromatic carbocycles. The Morgan fingerprint density at radius 2 is 1.82 bits per heavy atom. The molecule has 4 nitrogen and oxygen atoms in total. The minimum absolute atomic E-state index is 0.180. The fourth-order valence-electron chi connectivity index (χ4n) is 4.14. The third-order valence-electron chi connectivity index (χ3n) is 5.68. The van der Waals surface area contributed by atoms with Crippen LogP contribution >= 0.6 is 0 Å². The Bertz CT molecular complexity index is 586. The molecule has 1 unspecified atom stereocenters. The molecule has 0 radical (unpaired) electrons. The van der Waals surface area contributed by atoms with E-state index in [1.807, 2.05) is 23.1 Å². The van der Waals surface area contributed by atoms with Crippen molar-refractivity contribution in [3.8, 4) is 0 Å². The average molecular weight is 298 g/mol. The van der Waals surface area contributed by atoms with Gasteiger partial charge >= 0.3 is 0 Å². The molecule has 2 heterocycles. The predicted molar refractivity (Wildman–Crippen MR) is 83.2 cm³/mol.